The first kappa shape index (κ1) is 23.1. The summed E-state index contributed by atoms with van der Waals surface area (Å²) in [6, 6.07) is 14.3. The number of hydrogen-bond donors (Lipinski definition) is 2. The van der Waals surface area contributed by atoms with Crippen molar-refractivity contribution in [3.8, 4) is 16.8 Å². The number of rotatable bonds is 6. The third kappa shape index (κ3) is 4.93. The summed E-state index contributed by atoms with van der Waals surface area (Å²) in [5, 5.41) is 20.4. The molecule has 0 saturated carbocycles. The normalized spacial score (nSPS) is 14.8. The zero-order chi connectivity index (χ0) is 24.5. The highest BCUT2D eigenvalue weighted by Gasteiger charge is 2.25. The summed E-state index contributed by atoms with van der Waals surface area (Å²) in [5.41, 5.74) is 5.23. The lowest BCUT2D eigenvalue weighted by Gasteiger charge is -2.22. The fraction of sp³-hybridized carbons (Fsp3) is 0.308. The molecule has 1 aliphatic rings. The van der Waals surface area contributed by atoms with Crippen molar-refractivity contribution in [3.05, 3.63) is 77.1 Å². The highest BCUT2D eigenvalue weighted by atomic mass is 35.5. The molecule has 1 aliphatic heterocycles. The molecule has 2 aromatic heterocycles. The number of carbonyl (C=O) groups excluding carboxylic acids is 1. The van der Waals surface area contributed by atoms with Gasteiger partial charge in [-0.1, -0.05) is 17.7 Å². The average Bonchev–Trinajstić information content (AvgIpc) is 3.39. The molecule has 5 rings (SSSR count). The summed E-state index contributed by atoms with van der Waals surface area (Å²) in [6.45, 7) is 6.06. The van der Waals surface area contributed by atoms with Crippen LogP contribution >= 0.6 is 11.6 Å². The molecule has 1 amide bonds. The van der Waals surface area contributed by atoms with Gasteiger partial charge in [0.05, 0.1) is 17.9 Å². The third-order valence-electron chi connectivity index (χ3n) is 6.10. The molecule has 35 heavy (non-hydrogen) atoms. The summed E-state index contributed by atoms with van der Waals surface area (Å²) in [4.78, 5) is 12.2. The van der Waals surface area contributed by atoms with Crippen LogP contribution in [0.5, 0.6) is 0 Å². The second kappa shape index (κ2) is 9.54. The van der Waals surface area contributed by atoms with E-state index in [-0.39, 0.29) is 24.5 Å². The van der Waals surface area contributed by atoms with Crippen LogP contribution in [-0.2, 0) is 17.8 Å². The highest BCUT2D eigenvalue weighted by molar-refractivity contribution is 6.30. The average molecular weight is 490 g/mol. The summed E-state index contributed by atoms with van der Waals surface area (Å²) < 4.78 is 3.81. The summed E-state index contributed by atoms with van der Waals surface area (Å²) in [6.07, 6.45) is 5.39. The van der Waals surface area contributed by atoms with Crippen LogP contribution in [0, 0.1) is 6.92 Å². The number of nitrogens with one attached hydrogen (secondary N) is 2. The molecule has 2 N–H and O–H groups in total. The first-order valence-electron chi connectivity index (χ1n) is 11.8. The van der Waals surface area contributed by atoms with E-state index in [9.17, 15) is 4.79 Å². The maximum absolute atomic E-state index is 12.2. The summed E-state index contributed by atoms with van der Waals surface area (Å²) in [5.74, 6) is 1.77. The minimum atomic E-state index is -0.0561. The maximum atomic E-state index is 12.2. The van der Waals surface area contributed by atoms with Gasteiger partial charge < -0.3 is 10.6 Å². The number of carbonyl (C=O) groups is 1. The lowest BCUT2D eigenvalue weighted by Crippen LogP contribution is -2.33. The van der Waals surface area contributed by atoms with Crippen LogP contribution in [0.1, 0.15) is 43.5 Å². The Labute approximate surface area is 209 Å². The minimum Gasteiger partial charge on any atom is -0.378 e. The number of aryl methyl sites for hydroxylation is 2. The standard InChI is InChI=1S/C26H28ClN7O/c1-16(2)29-26(35)15-33-14-19(13-28-33)18-4-10-24-22(12-18)23(30-21-7-5-20(27)6-8-21)9-11-25-32-31-17(3)34(24)25/h4-8,10,12-14,16,23,30H,9,11,15H2,1-3H3,(H,29,35). The molecule has 1 unspecified atom stereocenters. The monoisotopic (exact) mass is 489 g/mol. The van der Waals surface area contributed by atoms with E-state index in [4.69, 9.17) is 11.6 Å². The molecule has 0 spiro atoms. The van der Waals surface area contributed by atoms with Crippen molar-refractivity contribution in [2.75, 3.05) is 5.32 Å². The highest BCUT2D eigenvalue weighted by Crippen LogP contribution is 2.36. The lowest BCUT2D eigenvalue weighted by molar-refractivity contribution is -0.122. The Kier molecular flexibility index (Phi) is 6.30. The Balaban J connectivity index is 1.50. The van der Waals surface area contributed by atoms with Gasteiger partial charge in [0.25, 0.3) is 0 Å². The molecule has 0 fully saturated rings. The molecule has 0 bridgehead atoms. The van der Waals surface area contributed by atoms with E-state index in [1.807, 2.05) is 51.2 Å². The predicted octanol–water partition coefficient (Wildman–Crippen LogP) is 4.72. The van der Waals surface area contributed by atoms with Crippen LogP contribution in [0.3, 0.4) is 0 Å². The topological polar surface area (TPSA) is 89.7 Å². The van der Waals surface area contributed by atoms with Crippen LogP contribution in [-0.4, -0.2) is 36.5 Å². The Hall–Kier alpha value is -3.65. The molecule has 1 atom stereocenters. The summed E-state index contributed by atoms with van der Waals surface area (Å²) in [7, 11) is 0. The Bertz CT molecular complexity index is 1360. The second-order valence-corrected chi connectivity index (χ2v) is 9.60. The molecule has 180 valence electrons. The molecule has 4 aromatic rings. The Morgan fingerprint density at radius 2 is 1.94 bits per heavy atom. The van der Waals surface area contributed by atoms with E-state index in [1.54, 1.807) is 10.9 Å². The quantitative estimate of drug-likeness (QED) is 0.409. The van der Waals surface area contributed by atoms with Crippen molar-refractivity contribution < 1.29 is 4.79 Å². The van der Waals surface area contributed by atoms with E-state index in [0.717, 1.165) is 52.6 Å². The third-order valence-corrected chi connectivity index (χ3v) is 6.35. The number of anilines is 1. The van der Waals surface area contributed by atoms with Crippen LogP contribution < -0.4 is 10.6 Å². The molecule has 0 saturated heterocycles. The summed E-state index contributed by atoms with van der Waals surface area (Å²) >= 11 is 6.09. The largest absolute Gasteiger partial charge is 0.378 e. The van der Waals surface area contributed by atoms with Crippen molar-refractivity contribution >= 4 is 23.2 Å². The van der Waals surface area contributed by atoms with Gasteiger partial charge in [0.1, 0.15) is 18.2 Å². The zero-order valence-corrected chi connectivity index (χ0v) is 20.8. The van der Waals surface area contributed by atoms with Crippen LogP contribution in [0.4, 0.5) is 5.69 Å². The molecule has 3 heterocycles. The Morgan fingerprint density at radius 1 is 1.14 bits per heavy atom. The molecule has 0 aliphatic carbocycles. The van der Waals surface area contributed by atoms with Gasteiger partial charge in [-0.15, -0.1) is 10.2 Å². The van der Waals surface area contributed by atoms with Gasteiger partial charge >= 0.3 is 0 Å². The minimum absolute atomic E-state index is 0.0561. The SMILES string of the molecule is Cc1nnc2n1-c1ccc(-c3cnn(CC(=O)NC(C)C)c3)cc1C(Nc1ccc(Cl)cc1)CC2. The molecule has 8 nitrogen and oxygen atoms in total. The van der Waals surface area contributed by atoms with Gasteiger partial charge in [-0.3, -0.25) is 14.0 Å². The number of aromatic nitrogens is 5. The van der Waals surface area contributed by atoms with Gasteiger partial charge in [-0.2, -0.15) is 5.10 Å². The number of amides is 1. The number of benzene rings is 2. The molecular weight excluding hydrogens is 462 g/mol. The second-order valence-electron chi connectivity index (χ2n) is 9.16. The molecule has 0 radical (unpaired) electrons. The Morgan fingerprint density at radius 3 is 2.71 bits per heavy atom. The predicted molar refractivity (Wildman–Crippen MR) is 137 cm³/mol. The van der Waals surface area contributed by atoms with Crippen molar-refractivity contribution in [1.82, 2.24) is 29.9 Å². The van der Waals surface area contributed by atoms with Crippen LogP contribution in [0.25, 0.3) is 16.8 Å². The van der Waals surface area contributed by atoms with E-state index in [0.29, 0.717) is 5.02 Å². The van der Waals surface area contributed by atoms with Gasteiger partial charge in [0.15, 0.2) is 0 Å². The van der Waals surface area contributed by atoms with E-state index < -0.39 is 0 Å². The van der Waals surface area contributed by atoms with Gasteiger partial charge in [-0.05, 0) is 74.7 Å². The van der Waals surface area contributed by atoms with Gasteiger partial charge in [0, 0.05) is 34.9 Å². The van der Waals surface area contributed by atoms with Gasteiger partial charge in [-0.25, -0.2) is 0 Å². The van der Waals surface area contributed by atoms with Crippen molar-refractivity contribution in [3.63, 3.8) is 0 Å². The molecular formula is C26H28ClN7O. The van der Waals surface area contributed by atoms with Crippen LogP contribution in [0.15, 0.2) is 54.9 Å². The number of halogens is 1. The zero-order valence-electron chi connectivity index (χ0n) is 20.0. The molecule has 2 aromatic carbocycles. The number of nitrogens with zero attached hydrogens (tertiary/aromatic N) is 5. The lowest BCUT2D eigenvalue weighted by atomic mass is 9.97. The maximum Gasteiger partial charge on any atom is 0.241 e. The van der Waals surface area contributed by atoms with Crippen molar-refractivity contribution in [2.45, 2.75) is 52.2 Å². The number of hydrogen-bond acceptors (Lipinski definition) is 5. The first-order valence-corrected chi connectivity index (χ1v) is 12.1. The van der Waals surface area contributed by atoms with Crippen molar-refractivity contribution in [1.29, 1.82) is 0 Å². The first-order chi connectivity index (χ1) is 16.9. The fourth-order valence-electron chi connectivity index (χ4n) is 4.54. The molecule has 9 heteroatoms. The van der Waals surface area contributed by atoms with Crippen LogP contribution in [0.2, 0.25) is 5.02 Å². The number of fused-ring (bicyclic) bond motifs is 3. The fourth-order valence-corrected chi connectivity index (χ4v) is 4.66. The smallest absolute Gasteiger partial charge is 0.241 e. The van der Waals surface area contributed by atoms with Crippen molar-refractivity contribution in [2.24, 2.45) is 0 Å². The van der Waals surface area contributed by atoms with E-state index in [1.165, 1.54) is 0 Å². The van der Waals surface area contributed by atoms with E-state index >= 15 is 0 Å². The van der Waals surface area contributed by atoms with E-state index in [2.05, 4.69) is 48.7 Å². The van der Waals surface area contributed by atoms with Gasteiger partial charge in [0.2, 0.25) is 5.91 Å².